The lowest BCUT2D eigenvalue weighted by Crippen LogP contribution is -1.94. The fourth-order valence-electron chi connectivity index (χ4n) is 1.69. The van der Waals surface area contributed by atoms with Crippen LogP contribution in [0.4, 0.5) is 0 Å². The molecule has 110 valence electrons. The summed E-state index contributed by atoms with van der Waals surface area (Å²) in [5, 5.41) is 3.96. The van der Waals surface area contributed by atoms with Crippen LogP contribution in [0.1, 0.15) is 25.8 Å². The fraction of sp³-hybridized carbons (Fsp3) is 0.278. The molecule has 0 aliphatic rings. The minimum absolute atomic E-state index is 0.634. The van der Waals surface area contributed by atoms with Gasteiger partial charge in [-0.15, -0.1) is 0 Å². The van der Waals surface area contributed by atoms with Crippen molar-refractivity contribution in [2.24, 2.45) is 11.1 Å². The zero-order chi connectivity index (χ0) is 14.9. The summed E-state index contributed by atoms with van der Waals surface area (Å²) in [5.41, 5.74) is 0.986. The van der Waals surface area contributed by atoms with Gasteiger partial charge in [0.2, 0.25) is 0 Å². The predicted octanol–water partition coefficient (Wildman–Crippen LogP) is 4.88. The molecule has 2 aromatic rings. The lowest BCUT2D eigenvalue weighted by Gasteiger charge is -2.05. The van der Waals surface area contributed by atoms with E-state index in [2.05, 4.69) is 19.0 Å². The summed E-state index contributed by atoms with van der Waals surface area (Å²) in [6.45, 7) is 4.99. The van der Waals surface area contributed by atoms with Crippen LogP contribution < -0.4 is 4.74 Å². The van der Waals surface area contributed by atoms with E-state index in [4.69, 9.17) is 9.57 Å². The van der Waals surface area contributed by atoms with Gasteiger partial charge >= 0.3 is 0 Å². The van der Waals surface area contributed by atoms with Gasteiger partial charge in [-0.05, 0) is 54.3 Å². The number of hydrogen-bond acceptors (Lipinski definition) is 3. The van der Waals surface area contributed by atoms with Crippen molar-refractivity contribution in [2.75, 3.05) is 6.61 Å². The van der Waals surface area contributed by atoms with Crippen LogP contribution in [0.5, 0.6) is 11.5 Å². The molecule has 0 N–H and O–H groups in total. The van der Waals surface area contributed by atoms with E-state index in [0.29, 0.717) is 12.5 Å². The summed E-state index contributed by atoms with van der Waals surface area (Å²) >= 11 is 0. The van der Waals surface area contributed by atoms with Crippen molar-refractivity contribution < 1.29 is 9.57 Å². The molecule has 3 nitrogen and oxygen atoms in total. The Balaban J connectivity index is 1.83. The zero-order valence-corrected chi connectivity index (χ0v) is 12.5. The largest absolute Gasteiger partial charge is 0.457 e. The third-order valence-electron chi connectivity index (χ3n) is 2.92. The van der Waals surface area contributed by atoms with Crippen LogP contribution in [-0.2, 0) is 4.84 Å². The molecule has 0 bridgehead atoms. The molecule has 0 heterocycles. The summed E-state index contributed by atoms with van der Waals surface area (Å²) in [6, 6.07) is 17.5. The van der Waals surface area contributed by atoms with E-state index in [1.54, 1.807) is 6.21 Å². The molecular weight excluding hydrogens is 262 g/mol. The van der Waals surface area contributed by atoms with Crippen LogP contribution in [0.25, 0.3) is 0 Å². The second kappa shape index (κ2) is 8.10. The Morgan fingerprint density at radius 3 is 2.29 bits per heavy atom. The highest BCUT2D eigenvalue weighted by molar-refractivity contribution is 5.79. The minimum atomic E-state index is 0.634. The van der Waals surface area contributed by atoms with Gasteiger partial charge in [0.1, 0.15) is 18.1 Å². The van der Waals surface area contributed by atoms with Crippen LogP contribution >= 0.6 is 0 Å². The molecule has 0 saturated heterocycles. The van der Waals surface area contributed by atoms with Crippen LogP contribution in [0.3, 0.4) is 0 Å². The monoisotopic (exact) mass is 283 g/mol. The Hall–Kier alpha value is -2.29. The molecule has 2 aromatic carbocycles. The van der Waals surface area contributed by atoms with E-state index in [1.165, 1.54) is 0 Å². The molecule has 0 radical (unpaired) electrons. The molecular formula is C18H21NO2. The number of nitrogens with zero attached hydrogens (tertiary/aromatic N) is 1. The molecule has 21 heavy (non-hydrogen) atoms. The Morgan fingerprint density at radius 1 is 0.952 bits per heavy atom. The molecule has 0 fully saturated rings. The summed E-state index contributed by atoms with van der Waals surface area (Å²) in [4.78, 5) is 5.21. The van der Waals surface area contributed by atoms with Crippen molar-refractivity contribution in [3.05, 3.63) is 60.2 Å². The van der Waals surface area contributed by atoms with Crippen molar-refractivity contribution in [1.29, 1.82) is 0 Å². The number of ether oxygens (including phenoxy) is 1. The van der Waals surface area contributed by atoms with Crippen LogP contribution in [-0.4, -0.2) is 12.8 Å². The van der Waals surface area contributed by atoms with Gasteiger partial charge in [0.05, 0.1) is 6.21 Å². The first-order valence-electron chi connectivity index (χ1n) is 7.22. The summed E-state index contributed by atoms with van der Waals surface area (Å²) in [5.74, 6) is 2.27. The normalized spacial score (nSPS) is 11.0. The highest BCUT2D eigenvalue weighted by Crippen LogP contribution is 2.20. The third kappa shape index (κ3) is 5.69. The molecule has 0 saturated carbocycles. The van der Waals surface area contributed by atoms with Crippen molar-refractivity contribution in [3.8, 4) is 11.5 Å². The van der Waals surface area contributed by atoms with Gasteiger partial charge in [0.25, 0.3) is 0 Å². The Morgan fingerprint density at radius 2 is 1.62 bits per heavy atom. The molecule has 2 rings (SSSR count). The van der Waals surface area contributed by atoms with E-state index in [0.717, 1.165) is 23.5 Å². The van der Waals surface area contributed by atoms with E-state index >= 15 is 0 Å². The van der Waals surface area contributed by atoms with E-state index in [-0.39, 0.29) is 0 Å². The molecule has 0 atom stereocenters. The summed E-state index contributed by atoms with van der Waals surface area (Å²) < 4.78 is 5.73. The average molecular weight is 283 g/mol. The number of hydrogen-bond donors (Lipinski definition) is 0. The molecule has 0 unspecified atom stereocenters. The highest BCUT2D eigenvalue weighted by Gasteiger charge is 1.96. The number of rotatable bonds is 7. The highest BCUT2D eigenvalue weighted by atomic mass is 16.6. The van der Waals surface area contributed by atoms with Gasteiger partial charge in [-0.3, -0.25) is 0 Å². The maximum Gasteiger partial charge on any atom is 0.127 e. The third-order valence-corrected chi connectivity index (χ3v) is 2.92. The molecule has 0 amide bonds. The number of benzene rings is 2. The van der Waals surface area contributed by atoms with Gasteiger partial charge in [0.15, 0.2) is 0 Å². The molecule has 0 aliphatic heterocycles. The maximum absolute atomic E-state index is 5.73. The maximum atomic E-state index is 5.73. The standard InChI is InChI=1S/C18H21NO2/c1-15(2)12-13-20-19-14-16-8-10-18(11-9-16)21-17-6-4-3-5-7-17/h3-11,14-15H,12-13H2,1-2H3/b19-14+. The Labute approximate surface area is 126 Å². The average Bonchev–Trinajstić information content (AvgIpc) is 2.49. The van der Waals surface area contributed by atoms with Gasteiger partial charge in [-0.25, -0.2) is 0 Å². The lowest BCUT2D eigenvalue weighted by molar-refractivity contribution is 0.134. The van der Waals surface area contributed by atoms with Gasteiger partial charge < -0.3 is 9.57 Å². The molecule has 0 aliphatic carbocycles. The fourth-order valence-corrected chi connectivity index (χ4v) is 1.69. The first-order chi connectivity index (χ1) is 10.2. The summed E-state index contributed by atoms with van der Waals surface area (Å²) in [7, 11) is 0. The van der Waals surface area contributed by atoms with Gasteiger partial charge in [-0.2, -0.15) is 0 Å². The smallest absolute Gasteiger partial charge is 0.127 e. The van der Waals surface area contributed by atoms with Crippen molar-refractivity contribution >= 4 is 6.21 Å². The van der Waals surface area contributed by atoms with Crippen molar-refractivity contribution in [1.82, 2.24) is 0 Å². The van der Waals surface area contributed by atoms with Crippen LogP contribution in [0, 0.1) is 5.92 Å². The number of para-hydroxylation sites is 1. The minimum Gasteiger partial charge on any atom is -0.457 e. The second-order valence-electron chi connectivity index (χ2n) is 5.23. The second-order valence-corrected chi connectivity index (χ2v) is 5.23. The van der Waals surface area contributed by atoms with Crippen LogP contribution in [0.15, 0.2) is 59.8 Å². The Bertz CT molecular complexity index is 547. The molecule has 0 spiro atoms. The van der Waals surface area contributed by atoms with Crippen molar-refractivity contribution in [2.45, 2.75) is 20.3 Å². The topological polar surface area (TPSA) is 30.8 Å². The molecule has 0 aromatic heterocycles. The predicted molar refractivity (Wildman–Crippen MR) is 86.0 cm³/mol. The first-order valence-corrected chi connectivity index (χ1v) is 7.22. The van der Waals surface area contributed by atoms with Gasteiger partial charge in [0, 0.05) is 0 Å². The molecule has 3 heteroatoms. The lowest BCUT2D eigenvalue weighted by atomic mass is 10.1. The van der Waals surface area contributed by atoms with E-state index in [9.17, 15) is 0 Å². The Kier molecular flexibility index (Phi) is 5.83. The van der Waals surface area contributed by atoms with Gasteiger partial charge in [-0.1, -0.05) is 37.2 Å². The number of oxime groups is 1. The van der Waals surface area contributed by atoms with E-state index < -0.39 is 0 Å². The summed E-state index contributed by atoms with van der Waals surface area (Å²) in [6.07, 6.45) is 2.73. The van der Waals surface area contributed by atoms with E-state index in [1.807, 2.05) is 54.6 Å². The van der Waals surface area contributed by atoms with Crippen molar-refractivity contribution in [3.63, 3.8) is 0 Å². The zero-order valence-electron chi connectivity index (χ0n) is 12.5. The van der Waals surface area contributed by atoms with Crippen LogP contribution in [0.2, 0.25) is 0 Å². The first kappa shape index (κ1) is 15.1. The SMILES string of the molecule is CC(C)CCO/N=C/c1ccc(Oc2ccccc2)cc1. The quantitative estimate of drug-likeness (QED) is 0.412.